The Morgan fingerprint density at radius 1 is 1.32 bits per heavy atom. The Morgan fingerprint density at radius 2 is 2.08 bits per heavy atom. The largest absolute Gasteiger partial charge is 0.310 e. The lowest BCUT2D eigenvalue weighted by Gasteiger charge is -2.22. The van der Waals surface area contributed by atoms with E-state index in [0.29, 0.717) is 6.04 Å². The number of hydrogen-bond donors (Lipinski definition) is 2. The van der Waals surface area contributed by atoms with Gasteiger partial charge < -0.3 is 10.6 Å². The lowest BCUT2D eigenvalue weighted by molar-refractivity contribution is -0.115. The standard InChI is InChI=1S/C18H28N6O/c1-13-10-21-23(12-13)15(3)14(2)19-11-18(25)22-17-8-9-20-24(17)16-6-4-5-7-16/h8-10,12,14-16,19H,4-7,11H2,1-3H3,(H,22,25)/t14-,15-/m1/s1. The molecule has 7 heteroatoms. The number of carbonyl (C=O) groups is 1. The van der Waals surface area contributed by atoms with Crippen molar-refractivity contribution in [1.82, 2.24) is 24.9 Å². The Hall–Kier alpha value is -2.15. The van der Waals surface area contributed by atoms with Crippen molar-refractivity contribution >= 4 is 11.7 Å². The maximum atomic E-state index is 12.3. The molecule has 0 radical (unpaired) electrons. The molecule has 0 unspecified atom stereocenters. The molecule has 3 rings (SSSR count). The van der Waals surface area contributed by atoms with Gasteiger partial charge in [0, 0.05) is 18.3 Å². The van der Waals surface area contributed by atoms with Gasteiger partial charge in [0.1, 0.15) is 5.82 Å². The molecule has 1 aliphatic carbocycles. The molecule has 0 bridgehead atoms. The van der Waals surface area contributed by atoms with Gasteiger partial charge in [-0.15, -0.1) is 0 Å². The van der Waals surface area contributed by atoms with E-state index in [4.69, 9.17) is 0 Å². The van der Waals surface area contributed by atoms with Gasteiger partial charge in [-0.2, -0.15) is 10.2 Å². The minimum atomic E-state index is -0.0459. The van der Waals surface area contributed by atoms with Gasteiger partial charge >= 0.3 is 0 Å². The molecule has 1 saturated carbocycles. The number of nitrogens with one attached hydrogen (secondary N) is 2. The monoisotopic (exact) mass is 344 g/mol. The number of amides is 1. The van der Waals surface area contributed by atoms with E-state index >= 15 is 0 Å². The Balaban J connectivity index is 1.50. The van der Waals surface area contributed by atoms with Crippen molar-refractivity contribution in [3.63, 3.8) is 0 Å². The number of aromatic nitrogens is 4. The van der Waals surface area contributed by atoms with Crippen LogP contribution in [0.15, 0.2) is 24.7 Å². The second-order valence-corrected chi connectivity index (χ2v) is 7.06. The van der Waals surface area contributed by atoms with Gasteiger partial charge in [0.05, 0.1) is 31.0 Å². The highest BCUT2D eigenvalue weighted by molar-refractivity contribution is 5.91. The molecule has 7 nitrogen and oxygen atoms in total. The van der Waals surface area contributed by atoms with Crippen molar-refractivity contribution in [1.29, 1.82) is 0 Å². The van der Waals surface area contributed by atoms with Crippen LogP contribution in [0.5, 0.6) is 0 Å². The molecule has 2 atom stereocenters. The average Bonchev–Trinajstić information content (AvgIpc) is 3.32. The first-order valence-corrected chi connectivity index (χ1v) is 9.12. The van der Waals surface area contributed by atoms with Gasteiger partial charge in [0.25, 0.3) is 0 Å². The molecular formula is C18H28N6O. The van der Waals surface area contributed by atoms with Crippen LogP contribution in [0.2, 0.25) is 0 Å². The third kappa shape index (κ3) is 4.28. The number of rotatable bonds is 7. The molecule has 0 saturated heterocycles. The summed E-state index contributed by atoms with van der Waals surface area (Å²) in [4.78, 5) is 12.3. The van der Waals surface area contributed by atoms with E-state index in [9.17, 15) is 4.79 Å². The van der Waals surface area contributed by atoms with Crippen LogP contribution >= 0.6 is 0 Å². The molecule has 2 aromatic heterocycles. The van der Waals surface area contributed by atoms with Gasteiger partial charge in [-0.3, -0.25) is 9.48 Å². The van der Waals surface area contributed by atoms with Crippen molar-refractivity contribution in [2.45, 2.75) is 64.6 Å². The van der Waals surface area contributed by atoms with Gasteiger partial charge in [-0.1, -0.05) is 12.8 Å². The summed E-state index contributed by atoms with van der Waals surface area (Å²) in [5.74, 6) is 0.748. The lowest BCUT2D eigenvalue weighted by Crippen LogP contribution is -2.39. The Kier molecular flexibility index (Phi) is 5.53. The highest BCUT2D eigenvalue weighted by Crippen LogP contribution is 2.31. The number of nitrogens with zero attached hydrogens (tertiary/aromatic N) is 4. The van der Waals surface area contributed by atoms with Crippen molar-refractivity contribution in [3.8, 4) is 0 Å². The minimum Gasteiger partial charge on any atom is -0.310 e. The zero-order valence-electron chi connectivity index (χ0n) is 15.3. The van der Waals surface area contributed by atoms with E-state index in [0.717, 1.165) is 24.2 Å². The zero-order valence-corrected chi connectivity index (χ0v) is 15.3. The summed E-state index contributed by atoms with van der Waals surface area (Å²) in [5.41, 5.74) is 1.14. The van der Waals surface area contributed by atoms with E-state index in [1.165, 1.54) is 12.8 Å². The summed E-state index contributed by atoms with van der Waals surface area (Å²) in [5, 5.41) is 15.0. The zero-order chi connectivity index (χ0) is 17.8. The SMILES string of the molecule is Cc1cnn([C@H](C)[C@@H](C)NCC(=O)Nc2ccnn2C2CCCC2)c1. The summed E-state index contributed by atoms with van der Waals surface area (Å²) in [6.07, 6.45) is 10.4. The highest BCUT2D eigenvalue weighted by Gasteiger charge is 2.21. The van der Waals surface area contributed by atoms with Gasteiger partial charge in [-0.05, 0) is 39.2 Å². The molecule has 136 valence electrons. The van der Waals surface area contributed by atoms with Crippen LogP contribution in [-0.2, 0) is 4.79 Å². The van der Waals surface area contributed by atoms with Crippen molar-refractivity contribution in [2.24, 2.45) is 0 Å². The fourth-order valence-corrected chi connectivity index (χ4v) is 3.35. The first-order valence-electron chi connectivity index (χ1n) is 9.12. The third-order valence-electron chi connectivity index (χ3n) is 5.06. The van der Waals surface area contributed by atoms with Crippen LogP contribution < -0.4 is 10.6 Å². The summed E-state index contributed by atoms with van der Waals surface area (Å²) < 4.78 is 3.89. The van der Waals surface area contributed by atoms with E-state index in [1.807, 2.05) is 34.7 Å². The van der Waals surface area contributed by atoms with Crippen LogP contribution in [0.3, 0.4) is 0 Å². The molecule has 2 aromatic rings. The molecule has 0 spiro atoms. The Bertz CT molecular complexity index is 700. The first-order chi connectivity index (χ1) is 12.0. The number of aryl methyl sites for hydroxylation is 1. The van der Waals surface area contributed by atoms with Crippen molar-refractivity contribution in [3.05, 3.63) is 30.2 Å². The average molecular weight is 344 g/mol. The molecule has 0 aromatic carbocycles. The molecular weight excluding hydrogens is 316 g/mol. The van der Waals surface area contributed by atoms with Gasteiger partial charge in [0.15, 0.2) is 0 Å². The van der Waals surface area contributed by atoms with E-state index in [-0.39, 0.29) is 24.5 Å². The topological polar surface area (TPSA) is 76.8 Å². The van der Waals surface area contributed by atoms with Crippen molar-refractivity contribution in [2.75, 3.05) is 11.9 Å². The smallest absolute Gasteiger partial charge is 0.239 e. The fourth-order valence-electron chi connectivity index (χ4n) is 3.35. The summed E-state index contributed by atoms with van der Waals surface area (Å²) >= 11 is 0. The normalized spacial score (nSPS) is 17.6. The molecule has 0 aliphatic heterocycles. The van der Waals surface area contributed by atoms with Crippen LogP contribution in [0.4, 0.5) is 5.82 Å². The quantitative estimate of drug-likeness (QED) is 0.809. The van der Waals surface area contributed by atoms with E-state index in [2.05, 4.69) is 34.7 Å². The predicted molar refractivity (Wildman–Crippen MR) is 97.5 cm³/mol. The van der Waals surface area contributed by atoms with Crippen molar-refractivity contribution < 1.29 is 4.79 Å². The lowest BCUT2D eigenvalue weighted by atomic mass is 10.2. The summed E-state index contributed by atoms with van der Waals surface area (Å²) in [6, 6.07) is 2.59. The van der Waals surface area contributed by atoms with Crippen LogP contribution in [0.1, 0.15) is 57.2 Å². The molecule has 1 amide bonds. The fraction of sp³-hybridized carbons (Fsp3) is 0.611. The number of hydrogen-bond acceptors (Lipinski definition) is 4. The molecule has 1 fully saturated rings. The van der Waals surface area contributed by atoms with Crippen LogP contribution in [0.25, 0.3) is 0 Å². The second-order valence-electron chi connectivity index (χ2n) is 7.06. The maximum absolute atomic E-state index is 12.3. The Labute approximate surface area is 148 Å². The highest BCUT2D eigenvalue weighted by atomic mass is 16.2. The molecule has 25 heavy (non-hydrogen) atoms. The van der Waals surface area contributed by atoms with Gasteiger partial charge in [0.2, 0.25) is 5.91 Å². The maximum Gasteiger partial charge on any atom is 0.239 e. The van der Waals surface area contributed by atoms with E-state index in [1.54, 1.807) is 6.20 Å². The molecule has 2 N–H and O–H groups in total. The summed E-state index contributed by atoms with van der Waals surface area (Å²) in [7, 11) is 0. The summed E-state index contributed by atoms with van der Waals surface area (Å²) in [6.45, 7) is 6.45. The molecule has 2 heterocycles. The Morgan fingerprint density at radius 3 is 2.76 bits per heavy atom. The van der Waals surface area contributed by atoms with Gasteiger partial charge in [-0.25, -0.2) is 4.68 Å². The number of anilines is 1. The molecule has 1 aliphatic rings. The second kappa shape index (κ2) is 7.82. The third-order valence-corrected chi connectivity index (χ3v) is 5.06. The van der Waals surface area contributed by atoms with Crippen LogP contribution in [0, 0.1) is 6.92 Å². The van der Waals surface area contributed by atoms with Crippen LogP contribution in [-0.4, -0.2) is 38.1 Å². The van der Waals surface area contributed by atoms with E-state index < -0.39 is 0 Å². The predicted octanol–water partition coefficient (Wildman–Crippen LogP) is 2.68. The first kappa shape index (κ1) is 17.7. The number of carbonyl (C=O) groups excluding carboxylic acids is 1. The minimum absolute atomic E-state index is 0.0459.